The predicted octanol–water partition coefficient (Wildman–Crippen LogP) is 6.84. The number of hydrogen-bond donors (Lipinski definition) is 0. The number of terminal acetylenes is 1. The maximum absolute atomic E-state index is 11.8. The number of rotatable bonds is 17. The smallest absolute Gasteiger partial charge is 0.132 e. The normalized spacial score (nSPS) is 10.5. The minimum absolute atomic E-state index is 0.485. The monoisotopic (exact) mass is 306 g/mol. The van der Waals surface area contributed by atoms with E-state index in [9.17, 15) is 4.79 Å². The van der Waals surface area contributed by atoms with Crippen molar-refractivity contribution in [2.75, 3.05) is 0 Å². The van der Waals surface area contributed by atoms with Gasteiger partial charge in [0.05, 0.1) is 0 Å². The van der Waals surface area contributed by atoms with E-state index in [0.29, 0.717) is 5.78 Å². The van der Waals surface area contributed by atoms with Gasteiger partial charge in [0.15, 0.2) is 0 Å². The lowest BCUT2D eigenvalue weighted by Crippen LogP contribution is -1.97. The molecule has 0 saturated carbocycles. The number of hydrogen-bond acceptors (Lipinski definition) is 1. The maximum atomic E-state index is 11.8. The van der Waals surface area contributed by atoms with Crippen molar-refractivity contribution in [2.24, 2.45) is 0 Å². The molecule has 0 radical (unpaired) electrons. The van der Waals surface area contributed by atoms with E-state index in [1.54, 1.807) is 0 Å². The molecule has 0 aromatic carbocycles. The second-order valence-electron chi connectivity index (χ2n) is 6.59. The largest absolute Gasteiger partial charge is 0.300 e. The van der Waals surface area contributed by atoms with Crippen LogP contribution < -0.4 is 0 Å². The quantitative estimate of drug-likeness (QED) is 0.212. The van der Waals surface area contributed by atoms with Gasteiger partial charge in [0.1, 0.15) is 5.78 Å². The van der Waals surface area contributed by atoms with Gasteiger partial charge in [-0.05, 0) is 19.3 Å². The van der Waals surface area contributed by atoms with Crippen LogP contribution in [-0.4, -0.2) is 5.78 Å². The number of Topliss-reactive ketones (excluding diaryl/α,β-unsaturated/α-hetero) is 1. The van der Waals surface area contributed by atoms with E-state index in [1.165, 1.54) is 70.6 Å². The van der Waals surface area contributed by atoms with E-state index >= 15 is 0 Å². The van der Waals surface area contributed by atoms with Gasteiger partial charge in [0.25, 0.3) is 0 Å². The fourth-order valence-corrected chi connectivity index (χ4v) is 2.84. The highest BCUT2D eigenvalue weighted by molar-refractivity contribution is 5.78. The zero-order valence-electron chi connectivity index (χ0n) is 15.0. The summed E-state index contributed by atoms with van der Waals surface area (Å²) in [7, 11) is 0. The van der Waals surface area contributed by atoms with Gasteiger partial charge in [0, 0.05) is 19.3 Å². The van der Waals surface area contributed by atoms with Gasteiger partial charge in [-0.25, -0.2) is 0 Å². The molecule has 0 bridgehead atoms. The SMILES string of the molecule is C#CCCCCCCCCC(=O)CCCCCCCCCC. The van der Waals surface area contributed by atoms with Crippen LogP contribution in [0.25, 0.3) is 0 Å². The van der Waals surface area contributed by atoms with Crippen molar-refractivity contribution in [1.29, 1.82) is 0 Å². The van der Waals surface area contributed by atoms with Crippen molar-refractivity contribution in [3.63, 3.8) is 0 Å². The molecule has 128 valence electrons. The van der Waals surface area contributed by atoms with Crippen LogP contribution in [0.15, 0.2) is 0 Å². The van der Waals surface area contributed by atoms with Crippen molar-refractivity contribution in [3.05, 3.63) is 0 Å². The Hall–Kier alpha value is -0.770. The Morgan fingerprint density at radius 1 is 0.682 bits per heavy atom. The molecule has 1 nitrogen and oxygen atoms in total. The molecule has 0 amide bonds. The predicted molar refractivity (Wildman–Crippen MR) is 98.0 cm³/mol. The summed E-state index contributed by atoms with van der Waals surface area (Å²) in [6.07, 6.45) is 25.5. The standard InChI is InChI=1S/C21H38O/c1-3-5-7-9-11-13-15-17-19-21(22)20-18-16-14-12-10-8-6-4-2/h1H,4-20H2,2H3. The van der Waals surface area contributed by atoms with Crippen LogP contribution in [-0.2, 0) is 4.79 Å². The zero-order valence-corrected chi connectivity index (χ0v) is 15.0. The Labute approximate surface area is 139 Å². The van der Waals surface area contributed by atoms with Gasteiger partial charge in [0.2, 0.25) is 0 Å². The first-order valence-corrected chi connectivity index (χ1v) is 9.76. The fraction of sp³-hybridized carbons (Fsp3) is 0.857. The number of ketones is 1. The molecule has 1 heteroatoms. The third-order valence-electron chi connectivity index (χ3n) is 4.34. The molecule has 0 saturated heterocycles. The van der Waals surface area contributed by atoms with Crippen LogP contribution in [0.3, 0.4) is 0 Å². The van der Waals surface area contributed by atoms with Gasteiger partial charge in [-0.15, -0.1) is 12.3 Å². The lowest BCUT2D eigenvalue weighted by molar-refractivity contribution is -0.119. The highest BCUT2D eigenvalue weighted by Gasteiger charge is 2.01. The summed E-state index contributed by atoms with van der Waals surface area (Å²) in [5.41, 5.74) is 0. The Balaban J connectivity index is 3.15. The van der Waals surface area contributed by atoms with Gasteiger partial charge < -0.3 is 0 Å². The average molecular weight is 307 g/mol. The Morgan fingerprint density at radius 2 is 1.09 bits per heavy atom. The van der Waals surface area contributed by atoms with Crippen LogP contribution in [0.2, 0.25) is 0 Å². The summed E-state index contributed by atoms with van der Waals surface area (Å²) in [5.74, 6) is 3.17. The molecule has 0 heterocycles. The first-order valence-electron chi connectivity index (χ1n) is 9.76. The zero-order chi connectivity index (χ0) is 16.3. The van der Waals surface area contributed by atoms with Crippen molar-refractivity contribution in [1.82, 2.24) is 0 Å². The minimum atomic E-state index is 0.485. The molecule has 0 atom stereocenters. The van der Waals surface area contributed by atoms with Crippen molar-refractivity contribution < 1.29 is 4.79 Å². The third-order valence-corrected chi connectivity index (χ3v) is 4.34. The highest BCUT2D eigenvalue weighted by atomic mass is 16.1. The first-order chi connectivity index (χ1) is 10.8. The summed E-state index contributed by atoms with van der Waals surface area (Å²) in [6, 6.07) is 0. The van der Waals surface area contributed by atoms with E-state index < -0.39 is 0 Å². The van der Waals surface area contributed by atoms with Crippen molar-refractivity contribution in [3.8, 4) is 12.3 Å². The Kier molecular flexibility index (Phi) is 17.6. The Bertz CT molecular complexity index is 274. The van der Waals surface area contributed by atoms with E-state index in [-0.39, 0.29) is 0 Å². The molecule has 0 aromatic heterocycles. The van der Waals surface area contributed by atoms with Crippen molar-refractivity contribution in [2.45, 2.75) is 116 Å². The second kappa shape index (κ2) is 18.3. The molecule has 0 spiro atoms. The molecule has 22 heavy (non-hydrogen) atoms. The fourth-order valence-electron chi connectivity index (χ4n) is 2.84. The molecule has 0 aromatic rings. The molecule has 0 fully saturated rings. The molecule has 0 aliphatic carbocycles. The molecule has 0 aliphatic heterocycles. The number of unbranched alkanes of at least 4 members (excludes halogenated alkanes) is 13. The average Bonchev–Trinajstić information content (AvgIpc) is 2.52. The van der Waals surface area contributed by atoms with E-state index in [4.69, 9.17) is 6.42 Å². The topological polar surface area (TPSA) is 17.1 Å². The van der Waals surface area contributed by atoms with E-state index in [2.05, 4.69) is 12.8 Å². The van der Waals surface area contributed by atoms with Crippen LogP contribution in [0.4, 0.5) is 0 Å². The summed E-state index contributed by atoms with van der Waals surface area (Å²) in [4.78, 5) is 11.8. The molecule has 0 unspecified atom stereocenters. The Morgan fingerprint density at radius 3 is 1.55 bits per heavy atom. The van der Waals surface area contributed by atoms with Crippen LogP contribution in [0, 0.1) is 12.3 Å². The van der Waals surface area contributed by atoms with Crippen LogP contribution in [0.5, 0.6) is 0 Å². The second-order valence-corrected chi connectivity index (χ2v) is 6.59. The van der Waals surface area contributed by atoms with Crippen molar-refractivity contribution >= 4 is 5.78 Å². The summed E-state index contributed by atoms with van der Waals surface area (Å²) >= 11 is 0. The lowest BCUT2D eigenvalue weighted by atomic mass is 10.0. The van der Waals surface area contributed by atoms with Gasteiger partial charge in [-0.2, -0.15) is 0 Å². The first kappa shape index (κ1) is 21.2. The van der Waals surface area contributed by atoms with Gasteiger partial charge in [-0.1, -0.05) is 77.6 Å². The minimum Gasteiger partial charge on any atom is -0.300 e. The lowest BCUT2D eigenvalue weighted by Gasteiger charge is -2.03. The molecule has 0 rings (SSSR count). The van der Waals surface area contributed by atoms with E-state index in [0.717, 1.165) is 38.5 Å². The maximum Gasteiger partial charge on any atom is 0.132 e. The van der Waals surface area contributed by atoms with Gasteiger partial charge in [-0.3, -0.25) is 4.79 Å². The molecule has 0 N–H and O–H groups in total. The van der Waals surface area contributed by atoms with Crippen LogP contribution in [0.1, 0.15) is 116 Å². The summed E-state index contributed by atoms with van der Waals surface area (Å²) < 4.78 is 0. The molecule has 0 aliphatic rings. The third kappa shape index (κ3) is 17.3. The number of carbonyl (C=O) groups is 1. The van der Waals surface area contributed by atoms with E-state index in [1.807, 2.05) is 0 Å². The molecular weight excluding hydrogens is 268 g/mol. The number of carbonyl (C=O) groups excluding carboxylic acids is 1. The van der Waals surface area contributed by atoms with Crippen LogP contribution >= 0.6 is 0 Å². The summed E-state index contributed by atoms with van der Waals surface area (Å²) in [5, 5.41) is 0. The van der Waals surface area contributed by atoms with Gasteiger partial charge >= 0.3 is 0 Å². The highest BCUT2D eigenvalue weighted by Crippen LogP contribution is 2.12. The summed E-state index contributed by atoms with van der Waals surface area (Å²) in [6.45, 7) is 2.25. The molecular formula is C21H38O.